The number of amides is 1. The molecule has 0 aromatic rings. The van der Waals surface area contributed by atoms with Crippen molar-refractivity contribution in [3.63, 3.8) is 0 Å². The first kappa shape index (κ1) is 9.48. The van der Waals surface area contributed by atoms with Gasteiger partial charge in [0.05, 0.1) is 0 Å². The fraction of sp³-hybridized carbons (Fsp3) is 0.875. The molecule has 4 heteroatoms. The molecule has 0 aromatic heterocycles. The molecule has 1 atom stereocenters. The van der Waals surface area contributed by atoms with Crippen molar-refractivity contribution in [1.82, 2.24) is 10.2 Å². The summed E-state index contributed by atoms with van der Waals surface area (Å²) in [6, 6.07) is 0. The SMILES string of the molecule is CNC1(C(N)=O)CCCN(C)C1. The summed E-state index contributed by atoms with van der Waals surface area (Å²) in [7, 11) is 3.80. The maximum Gasteiger partial charge on any atom is 0.239 e. The molecule has 1 rings (SSSR count). The van der Waals surface area contributed by atoms with E-state index in [1.54, 1.807) is 7.05 Å². The van der Waals surface area contributed by atoms with Gasteiger partial charge in [-0.1, -0.05) is 0 Å². The molecule has 0 saturated carbocycles. The van der Waals surface area contributed by atoms with E-state index in [9.17, 15) is 4.79 Å². The van der Waals surface area contributed by atoms with E-state index in [-0.39, 0.29) is 5.91 Å². The number of carbonyl (C=O) groups excluding carboxylic acids is 1. The van der Waals surface area contributed by atoms with E-state index >= 15 is 0 Å². The number of piperidine rings is 1. The highest BCUT2D eigenvalue weighted by molar-refractivity contribution is 5.85. The number of nitrogens with one attached hydrogen (secondary N) is 1. The largest absolute Gasteiger partial charge is 0.368 e. The molecule has 0 bridgehead atoms. The summed E-state index contributed by atoms with van der Waals surface area (Å²) in [5, 5.41) is 3.03. The zero-order chi connectivity index (χ0) is 9.19. The van der Waals surface area contributed by atoms with Crippen molar-refractivity contribution < 1.29 is 4.79 Å². The highest BCUT2D eigenvalue weighted by Gasteiger charge is 2.38. The Morgan fingerprint density at radius 2 is 2.33 bits per heavy atom. The van der Waals surface area contributed by atoms with Crippen molar-refractivity contribution in [3.8, 4) is 0 Å². The molecule has 12 heavy (non-hydrogen) atoms. The standard InChI is InChI=1S/C8H17N3O/c1-10-8(7(9)12)4-3-5-11(2)6-8/h10H,3-6H2,1-2H3,(H2,9,12). The minimum Gasteiger partial charge on any atom is -0.368 e. The summed E-state index contributed by atoms with van der Waals surface area (Å²) in [6.07, 6.45) is 1.88. The van der Waals surface area contributed by atoms with E-state index in [4.69, 9.17) is 5.73 Å². The number of primary amides is 1. The Labute approximate surface area is 73.1 Å². The van der Waals surface area contributed by atoms with Crippen molar-refractivity contribution in [3.05, 3.63) is 0 Å². The molecule has 1 aliphatic heterocycles. The summed E-state index contributed by atoms with van der Waals surface area (Å²) in [4.78, 5) is 13.3. The molecule has 1 fully saturated rings. The van der Waals surface area contributed by atoms with Crippen molar-refractivity contribution in [2.24, 2.45) is 5.73 Å². The van der Waals surface area contributed by atoms with Gasteiger partial charge in [0.2, 0.25) is 5.91 Å². The van der Waals surface area contributed by atoms with Crippen LogP contribution in [0.15, 0.2) is 0 Å². The highest BCUT2D eigenvalue weighted by atomic mass is 16.1. The van der Waals surface area contributed by atoms with Gasteiger partial charge in [-0.2, -0.15) is 0 Å². The predicted molar refractivity (Wildman–Crippen MR) is 47.7 cm³/mol. The third-order valence-electron chi connectivity index (χ3n) is 2.63. The Bertz CT molecular complexity index is 183. The van der Waals surface area contributed by atoms with Crippen LogP contribution >= 0.6 is 0 Å². The zero-order valence-electron chi connectivity index (χ0n) is 7.76. The second kappa shape index (κ2) is 3.41. The average Bonchev–Trinajstić information content (AvgIpc) is 2.04. The molecule has 0 spiro atoms. The zero-order valence-corrected chi connectivity index (χ0v) is 7.76. The molecule has 1 amide bonds. The topological polar surface area (TPSA) is 58.4 Å². The van der Waals surface area contributed by atoms with Gasteiger partial charge in [-0.25, -0.2) is 0 Å². The molecule has 1 aliphatic rings. The number of carbonyl (C=O) groups is 1. The van der Waals surface area contributed by atoms with Crippen molar-refractivity contribution in [1.29, 1.82) is 0 Å². The van der Waals surface area contributed by atoms with Gasteiger partial charge in [-0.05, 0) is 33.5 Å². The van der Waals surface area contributed by atoms with E-state index < -0.39 is 5.54 Å². The van der Waals surface area contributed by atoms with Crippen LogP contribution in [0.1, 0.15) is 12.8 Å². The summed E-state index contributed by atoms with van der Waals surface area (Å²) in [5.41, 5.74) is 4.85. The van der Waals surface area contributed by atoms with Crippen LogP contribution < -0.4 is 11.1 Å². The Balaban J connectivity index is 2.71. The Kier molecular flexibility index (Phi) is 2.69. The monoisotopic (exact) mass is 171 g/mol. The molecule has 0 aromatic carbocycles. The molecule has 0 radical (unpaired) electrons. The maximum atomic E-state index is 11.2. The van der Waals surface area contributed by atoms with Gasteiger partial charge in [-0.15, -0.1) is 0 Å². The summed E-state index contributed by atoms with van der Waals surface area (Å²) >= 11 is 0. The van der Waals surface area contributed by atoms with Crippen LogP contribution in [0.5, 0.6) is 0 Å². The molecule has 1 saturated heterocycles. The molecular weight excluding hydrogens is 154 g/mol. The molecule has 70 valence electrons. The minimum atomic E-state index is -0.493. The fourth-order valence-corrected chi connectivity index (χ4v) is 1.80. The number of likely N-dealkylation sites (N-methyl/N-ethyl adjacent to an activating group) is 2. The second-order valence-corrected chi connectivity index (χ2v) is 3.54. The predicted octanol–water partition coefficient (Wildman–Crippen LogP) is -0.844. The van der Waals surface area contributed by atoms with E-state index in [0.717, 1.165) is 25.9 Å². The first-order chi connectivity index (χ1) is 5.60. The molecule has 1 unspecified atom stereocenters. The van der Waals surface area contributed by atoms with Gasteiger partial charge >= 0.3 is 0 Å². The molecular formula is C8H17N3O. The fourth-order valence-electron chi connectivity index (χ4n) is 1.80. The Morgan fingerprint density at radius 3 is 2.67 bits per heavy atom. The lowest BCUT2D eigenvalue weighted by Gasteiger charge is -2.38. The number of hydrogen-bond acceptors (Lipinski definition) is 3. The van der Waals surface area contributed by atoms with E-state index in [0.29, 0.717) is 0 Å². The van der Waals surface area contributed by atoms with Crippen molar-refractivity contribution >= 4 is 5.91 Å². The number of rotatable bonds is 2. The van der Waals surface area contributed by atoms with E-state index in [1.165, 1.54) is 0 Å². The van der Waals surface area contributed by atoms with Crippen LogP contribution in [-0.4, -0.2) is 43.5 Å². The average molecular weight is 171 g/mol. The van der Waals surface area contributed by atoms with Gasteiger partial charge in [0.15, 0.2) is 0 Å². The van der Waals surface area contributed by atoms with Crippen LogP contribution in [0, 0.1) is 0 Å². The quantitative estimate of drug-likeness (QED) is 0.569. The first-order valence-corrected chi connectivity index (χ1v) is 4.28. The third kappa shape index (κ3) is 1.59. The van der Waals surface area contributed by atoms with Crippen LogP contribution in [0.4, 0.5) is 0 Å². The van der Waals surface area contributed by atoms with E-state index in [1.807, 2.05) is 7.05 Å². The van der Waals surface area contributed by atoms with Crippen LogP contribution in [0.3, 0.4) is 0 Å². The van der Waals surface area contributed by atoms with Crippen LogP contribution in [0.2, 0.25) is 0 Å². The normalized spacial score (nSPS) is 31.8. The number of likely N-dealkylation sites (tertiary alicyclic amines) is 1. The van der Waals surface area contributed by atoms with Gasteiger partial charge in [0.1, 0.15) is 5.54 Å². The smallest absolute Gasteiger partial charge is 0.239 e. The van der Waals surface area contributed by atoms with Gasteiger partial charge < -0.3 is 16.0 Å². The third-order valence-corrected chi connectivity index (χ3v) is 2.63. The Morgan fingerprint density at radius 1 is 1.67 bits per heavy atom. The first-order valence-electron chi connectivity index (χ1n) is 4.28. The second-order valence-electron chi connectivity index (χ2n) is 3.54. The highest BCUT2D eigenvalue weighted by Crippen LogP contribution is 2.19. The maximum absolute atomic E-state index is 11.2. The molecule has 1 heterocycles. The lowest BCUT2D eigenvalue weighted by atomic mass is 9.89. The number of hydrogen-bond donors (Lipinski definition) is 2. The lowest BCUT2D eigenvalue weighted by Crippen LogP contribution is -2.62. The summed E-state index contributed by atoms with van der Waals surface area (Å²) in [5.74, 6) is -0.239. The summed E-state index contributed by atoms with van der Waals surface area (Å²) in [6.45, 7) is 1.77. The molecule has 3 N–H and O–H groups in total. The minimum absolute atomic E-state index is 0.239. The number of nitrogens with zero attached hydrogens (tertiary/aromatic N) is 1. The van der Waals surface area contributed by atoms with Crippen LogP contribution in [0.25, 0.3) is 0 Å². The van der Waals surface area contributed by atoms with Crippen molar-refractivity contribution in [2.45, 2.75) is 18.4 Å². The summed E-state index contributed by atoms with van der Waals surface area (Å²) < 4.78 is 0. The van der Waals surface area contributed by atoms with Crippen LogP contribution in [-0.2, 0) is 4.79 Å². The Hall–Kier alpha value is -0.610. The molecule has 4 nitrogen and oxygen atoms in total. The van der Waals surface area contributed by atoms with E-state index in [2.05, 4.69) is 10.2 Å². The lowest BCUT2D eigenvalue weighted by molar-refractivity contribution is -0.126. The van der Waals surface area contributed by atoms with Gasteiger partial charge in [0.25, 0.3) is 0 Å². The van der Waals surface area contributed by atoms with Gasteiger partial charge in [-0.3, -0.25) is 4.79 Å². The number of nitrogens with two attached hydrogens (primary N) is 1. The molecule has 0 aliphatic carbocycles. The van der Waals surface area contributed by atoms with Crippen molar-refractivity contribution in [2.75, 3.05) is 27.2 Å². The van der Waals surface area contributed by atoms with Gasteiger partial charge in [0, 0.05) is 6.54 Å².